The van der Waals surface area contributed by atoms with E-state index in [1.165, 1.54) is 10.9 Å². The lowest BCUT2D eigenvalue weighted by Gasteiger charge is -2.29. The molecule has 1 N–H and O–H groups in total. The fourth-order valence-corrected chi connectivity index (χ4v) is 3.71. The Morgan fingerprint density at radius 2 is 1.90 bits per heavy atom. The lowest BCUT2D eigenvalue weighted by Crippen LogP contribution is -2.33. The van der Waals surface area contributed by atoms with Crippen molar-refractivity contribution in [3.05, 3.63) is 42.1 Å². The first-order valence-electron chi connectivity index (χ1n) is 7.79. The molecule has 1 aliphatic rings. The van der Waals surface area contributed by atoms with Crippen LogP contribution in [0.1, 0.15) is 32.4 Å². The minimum absolute atomic E-state index is 0.263. The number of ether oxygens (including phenoxy) is 1. The van der Waals surface area contributed by atoms with Gasteiger partial charge in [0.05, 0.1) is 17.7 Å². The fourth-order valence-electron chi connectivity index (χ4n) is 3.71. The number of hydrogen-bond acceptors (Lipinski definition) is 3. The maximum atomic E-state index is 6.02. The van der Waals surface area contributed by atoms with E-state index in [1.54, 1.807) is 0 Å². The van der Waals surface area contributed by atoms with E-state index >= 15 is 0 Å². The zero-order valence-corrected chi connectivity index (χ0v) is 13.2. The highest BCUT2D eigenvalue weighted by atomic mass is 16.5. The first-order valence-corrected chi connectivity index (χ1v) is 7.79. The highest BCUT2D eigenvalue weighted by Crippen LogP contribution is 2.40. The standard InChI is InChI=1S/C18H24N2O/c1-11-12(2)21-13(3)17(11)18(19-4)15-9-14-7-5-6-8-16(14)20-10-15/h5-13,17-19H,1-4H3. The van der Waals surface area contributed by atoms with E-state index in [-0.39, 0.29) is 12.1 Å². The van der Waals surface area contributed by atoms with Crippen molar-refractivity contribution in [2.45, 2.75) is 39.0 Å². The summed E-state index contributed by atoms with van der Waals surface area (Å²) in [6.07, 6.45) is 2.58. The van der Waals surface area contributed by atoms with Crippen LogP contribution in [-0.2, 0) is 4.74 Å². The number of para-hydroxylation sites is 1. The third kappa shape index (κ3) is 2.56. The number of pyridine rings is 1. The van der Waals surface area contributed by atoms with E-state index in [0.717, 1.165) is 5.52 Å². The summed E-state index contributed by atoms with van der Waals surface area (Å²) in [7, 11) is 2.03. The van der Waals surface area contributed by atoms with Crippen LogP contribution in [0.4, 0.5) is 0 Å². The Balaban J connectivity index is 1.98. The van der Waals surface area contributed by atoms with Gasteiger partial charge in [-0.25, -0.2) is 0 Å². The molecule has 0 bridgehead atoms. The summed E-state index contributed by atoms with van der Waals surface area (Å²) in [6.45, 7) is 6.65. The number of fused-ring (bicyclic) bond motifs is 1. The van der Waals surface area contributed by atoms with Gasteiger partial charge >= 0.3 is 0 Å². The molecule has 2 heterocycles. The van der Waals surface area contributed by atoms with Crippen molar-refractivity contribution in [1.29, 1.82) is 0 Å². The molecule has 0 radical (unpaired) electrons. The van der Waals surface area contributed by atoms with E-state index in [0.29, 0.717) is 17.9 Å². The Morgan fingerprint density at radius 1 is 1.14 bits per heavy atom. The summed E-state index contributed by atoms with van der Waals surface area (Å²) in [4.78, 5) is 4.61. The van der Waals surface area contributed by atoms with Gasteiger partial charge in [-0.2, -0.15) is 0 Å². The SMILES string of the molecule is CNC(c1cnc2ccccc2c1)C1C(C)OC(C)C1C. The monoisotopic (exact) mass is 284 g/mol. The zero-order valence-electron chi connectivity index (χ0n) is 13.2. The van der Waals surface area contributed by atoms with Gasteiger partial charge in [-0.3, -0.25) is 4.98 Å². The summed E-state index contributed by atoms with van der Waals surface area (Å²) >= 11 is 0. The lowest BCUT2D eigenvalue weighted by atomic mass is 9.81. The number of rotatable bonds is 3. The van der Waals surface area contributed by atoms with Gasteiger partial charge in [0, 0.05) is 23.5 Å². The van der Waals surface area contributed by atoms with Gasteiger partial charge in [0.25, 0.3) is 0 Å². The van der Waals surface area contributed by atoms with Crippen LogP contribution in [0.15, 0.2) is 36.5 Å². The van der Waals surface area contributed by atoms with Crippen LogP contribution in [0.3, 0.4) is 0 Å². The van der Waals surface area contributed by atoms with Crippen molar-refractivity contribution in [3.63, 3.8) is 0 Å². The Kier molecular flexibility index (Phi) is 3.96. The van der Waals surface area contributed by atoms with E-state index in [9.17, 15) is 0 Å². The van der Waals surface area contributed by atoms with Crippen molar-refractivity contribution in [3.8, 4) is 0 Å². The molecule has 21 heavy (non-hydrogen) atoms. The van der Waals surface area contributed by atoms with Crippen LogP contribution in [0, 0.1) is 11.8 Å². The topological polar surface area (TPSA) is 34.2 Å². The highest BCUT2D eigenvalue weighted by Gasteiger charge is 2.41. The molecule has 1 aromatic carbocycles. The van der Waals surface area contributed by atoms with Crippen LogP contribution in [-0.4, -0.2) is 24.2 Å². The van der Waals surface area contributed by atoms with Gasteiger partial charge in [-0.05, 0) is 44.5 Å². The number of nitrogens with one attached hydrogen (secondary N) is 1. The minimum atomic E-state index is 0.263. The number of nitrogens with zero attached hydrogens (tertiary/aromatic N) is 1. The van der Waals surface area contributed by atoms with Crippen LogP contribution in [0.2, 0.25) is 0 Å². The third-order valence-electron chi connectivity index (χ3n) is 4.99. The summed E-state index contributed by atoms with van der Waals surface area (Å²) in [5.41, 5.74) is 2.30. The molecule has 1 fully saturated rings. The summed E-state index contributed by atoms with van der Waals surface area (Å²) < 4.78 is 6.02. The van der Waals surface area contributed by atoms with Crippen molar-refractivity contribution in [1.82, 2.24) is 10.3 Å². The Morgan fingerprint density at radius 3 is 2.57 bits per heavy atom. The molecule has 2 aromatic rings. The number of benzene rings is 1. The summed E-state index contributed by atoms with van der Waals surface area (Å²) in [5.74, 6) is 0.997. The smallest absolute Gasteiger partial charge is 0.0702 e. The average molecular weight is 284 g/mol. The molecule has 1 saturated heterocycles. The van der Waals surface area contributed by atoms with Crippen LogP contribution < -0.4 is 5.32 Å². The molecule has 3 heteroatoms. The maximum absolute atomic E-state index is 6.02. The van der Waals surface area contributed by atoms with Crippen molar-refractivity contribution < 1.29 is 4.74 Å². The largest absolute Gasteiger partial charge is 0.375 e. The van der Waals surface area contributed by atoms with Gasteiger partial charge < -0.3 is 10.1 Å². The lowest BCUT2D eigenvalue weighted by molar-refractivity contribution is 0.0478. The molecular weight excluding hydrogens is 260 g/mol. The molecule has 5 atom stereocenters. The van der Waals surface area contributed by atoms with E-state index in [1.807, 2.05) is 19.3 Å². The predicted molar refractivity (Wildman–Crippen MR) is 86.2 cm³/mol. The van der Waals surface area contributed by atoms with Gasteiger partial charge in [-0.1, -0.05) is 25.1 Å². The normalized spacial score (nSPS) is 30.7. The molecule has 1 aliphatic heterocycles. The average Bonchev–Trinajstić information content (AvgIpc) is 2.74. The number of aromatic nitrogens is 1. The van der Waals surface area contributed by atoms with Crippen LogP contribution in [0.25, 0.3) is 10.9 Å². The van der Waals surface area contributed by atoms with Crippen molar-refractivity contribution in [2.75, 3.05) is 7.05 Å². The van der Waals surface area contributed by atoms with Crippen molar-refractivity contribution in [2.24, 2.45) is 11.8 Å². The Hall–Kier alpha value is -1.45. The molecule has 112 valence electrons. The minimum Gasteiger partial charge on any atom is -0.375 e. The van der Waals surface area contributed by atoms with Crippen LogP contribution in [0.5, 0.6) is 0 Å². The second-order valence-electron chi connectivity index (χ2n) is 6.21. The Bertz CT molecular complexity index is 627. The second-order valence-corrected chi connectivity index (χ2v) is 6.21. The van der Waals surface area contributed by atoms with Crippen molar-refractivity contribution >= 4 is 10.9 Å². The molecule has 0 amide bonds. The molecule has 5 unspecified atom stereocenters. The quantitative estimate of drug-likeness (QED) is 0.936. The van der Waals surface area contributed by atoms with Gasteiger partial charge in [0.2, 0.25) is 0 Å². The predicted octanol–water partition coefficient (Wildman–Crippen LogP) is 3.55. The maximum Gasteiger partial charge on any atom is 0.0702 e. The summed E-state index contributed by atoms with van der Waals surface area (Å²) in [5, 5.41) is 4.68. The molecule has 3 rings (SSSR count). The van der Waals surface area contributed by atoms with E-state index in [2.05, 4.69) is 55.3 Å². The number of hydrogen-bond donors (Lipinski definition) is 1. The molecule has 3 nitrogen and oxygen atoms in total. The molecule has 0 aliphatic carbocycles. The highest BCUT2D eigenvalue weighted by molar-refractivity contribution is 5.78. The van der Waals surface area contributed by atoms with Gasteiger partial charge in [0.15, 0.2) is 0 Å². The zero-order chi connectivity index (χ0) is 15.0. The van der Waals surface area contributed by atoms with Gasteiger partial charge in [-0.15, -0.1) is 0 Å². The molecule has 0 spiro atoms. The van der Waals surface area contributed by atoms with Gasteiger partial charge in [0.1, 0.15) is 0 Å². The first kappa shape index (κ1) is 14.5. The molecule has 1 aromatic heterocycles. The van der Waals surface area contributed by atoms with Crippen LogP contribution >= 0.6 is 0 Å². The first-order chi connectivity index (χ1) is 10.1. The Labute approximate surface area is 126 Å². The fraction of sp³-hybridized carbons (Fsp3) is 0.500. The molecule has 0 saturated carbocycles. The molecular formula is C18H24N2O. The van der Waals surface area contributed by atoms with E-state index < -0.39 is 0 Å². The third-order valence-corrected chi connectivity index (χ3v) is 4.99. The summed E-state index contributed by atoms with van der Waals surface area (Å²) in [6, 6.07) is 10.8. The van der Waals surface area contributed by atoms with E-state index in [4.69, 9.17) is 4.74 Å². The second kappa shape index (κ2) is 5.74.